The predicted octanol–water partition coefficient (Wildman–Crippen LogP) is 3.56. The van der Waals surface area contributed by atoms with E-state index in [0.717, 1.165) is 16.1 Å². The molecule has 31 heavy (non-hydrogen) atoms. The average Bonchev–Trinajstić information content (AvgIpc) is 2.70. The Labute approximate surface area is 184 Å². The van der Waals surface area contributed by atoms with Crippen molar-refractivity contribution in [2.45, 2.75) is 40.2 Å². The van der Waals surface area contributed by atoms with Crippen molar-refractivity contribution < 1.29 is 18.0 Å². The van der Waals surface area contributed by atoms with Gasteiger partial charge in [-0.05, 0) is 43.5 Å². The molecule has 0 aliphatic rings. The molecule has 0 bridgehead atoms. The Balaban J connectivity index is 2.34. The number of para-hydroxylation sites is 1. The molecule has 8 heteroatoms. The molecule has 0 saturated carbocycles. The third-order valence-electron chi connectivity index (χ3n) is 4.72. The lowest BCUT2D eigenvalue weighted by molar-refractivity contribution is -0.117. The van der Waals surface area contributed by atoms with Gasteiger partial charge in [0.1, 0.15) is 6.04 Å². The Morgan fingerprint density at radius 1 is 1.03 bits per heavy atom. The van der Waals surface area contributed by atoms with Gasteiger partial charge in [-0.1, -0.05) is 50.6 Å². The first-order valence-electron chi connectivity index (χ1n) is 10.3. The lowest BCUT2D eigenvalue weighted by atomic mass is 10.1. The quantitative estimate of drug-likeness (QED) is 0.617. The summed E-state index contributed by atoms with van der Waals surface area (Å²) in [7, 11) is -3.73. The van der Waals surface area contributed by atoms with Crippen LogP contribution in [0.15, 0.2) is 48.5 Å². The van der Waals surface area contributed by atoms with E-state index in [2.05, 4.69) is 10.6 Å². The maximum absolute atomic E-state index is 13.2. The van der Waals surface area contributed by atoms with Crippen LogP contribution in [-0.2, 0) is 14.8 Å². The standard InChI is InChI=1S/C23H31N3O4S/c1-6-21(26(31(5,29)30)18-13-11-17(4)12-14-18)23(28)25-20-10-8-7-9-19(20)22(27)24-15-16(2)3/h7-14,16,21H,6,15H2,1-5H3,(H,24,27)(H,25,28)/t21-/m0/s1. The van der Waals surface area contributed by atoms with Gasteiger partial charge in [-0.3, -0.25) is 13.9 Å². The summed E-state index contributed by atoms with van der Waals surface area (Å²) in [5.41, 5.74) is 2.06. The van der Waals surface area contributed by atoms with Crippen LogP contribution in [0.25, 0.3) is 0 Å². The molecule has 2 aromatic carbocycles. The number of anilines is 2. The van der Waals surface area contributed by atoms with E-state index in [1.54, 1.807) is 55.5 Å². The first kappa shape index (κ1) is 24.4. The Kier molecular flexibility index (Phi) is 8.21. The van der Waals surface area contributed by atoms with Crippen molar-refractivity contribution in [1.29, 1.82) is 0 Å². The minimum Gasteiger partial charge on any atom is -0.352 e. The number of sulfonamides is 1. The highest BCUT2D eigenvalue weighted by atomic mass is 32.2. The number of nitrogens with one attached hydrogen (secondary N) is 2. The van der Waals surface area contributed by atoms with Gasteiger partial charge in [0.15, 0.2) is 0 Å². The number of carbonyl (C=O) groups excluding carboxylic acids is 2. The molecule has 0 aliphatic heterocycles. The monoisotopic (exact) mass is 445 g/mol. The van der Waals surface area contributed by atoms with E-state index < -0.39 is 22.0 Å². The number of hydrogen-bond acceptors (Lipinski definition) is 4. The summed E-state index contributed by atoms with van der Waals surface area (Å²) in [4.78, 5) is 25.7. The third kappa shape index (κ3) is 6.55. The van der Waals surface area contributed by atoms with Crippen molar-refractivity contribution in [3.63, 3.8) is 0 Å². The zero-order valence-corrected chi connectivity index (χ0v) is 19.5. The molecule has 0 aromatic heterocycles. The highest BCUT2D eigenvalue weighted by molar-refractivity contribution is 7.92. The van der Waals surface area contributed by atoms with Crippen LogP contribution in [0.4, 0.5) is 11.4 Å². The second kappa shape index (κ2) is 10.4. The number of carbonyl (C=O) groups is 2. The summed E-state index contributed by atoms with van der Waals surface area (Å²) >= 11 is 0. The molecule has 0 heterocycles. The van der Waals surface area contributed by atoms with Gasteiger partial charge in [-0.25, -0.2) is 8.42 Å². The van der Waals surface area contributed by atoms with E-state index in [4.69, 9.17) is 0 Å². The van der Waals surface area contributed by atoms with E-state index >= 15 is 0 Å². The topological polar surface area (TPSA) is 95.6 Å². The molecular weight excluding hydrogens is 414 g/mol. The Morgan fingerprint density at radius 3 is 2.19 bits per heavy atom. The molecule has 2 N–H and O–H groups in total. The molecule has 0 aliphatic carbocycles. The first-order valence-corrected chi connectivity index (χ1v) is 12.1. The van der Waals surface area contributed by atoms with Crippen LogP contribution in [0.2, 0.25) is 0 Å². The molecule has 0 unspecified atom stereocenters. The molecule has 2 rings (SSSR count). The van der Waals surface area contributed by atoms with Gasteiger partial charge in [0.2, 0.25) is 15.9 Å². The molecule has 0 fully saturated rings. The second-order valence-electron chi connectivity index (χ2n) is 7.96. The van der Waals surface area contributed by atoms with Crippen LogP contribution in [0.5, 0.6) is 0 Å². The van der Waals surface area contributed by atoms with Crippen LogP contribution in [0, 0.1) is 12.8 Å². The molecule has 0 radical (unpaired) electrons. The van der Waals surface area contributed by atoms with Crippen molar-refractivity contribution >= 4 is 33.2 Å². The summed E-state index contributed by atoms with van der Waals surface area (Å²) < 4.78 is 26.3. The number of benzene rings is 2. The number of rotatable bonds is 9. The van der Waals surface area contributed by atoms with Crippen LogP contribution < -0.4 is 14.9 Å². The zero-order chi connectivity index (χ0) is 23.2. The van der Waals surface area contributed by atoms with E-state index in [-0.39, 0.29) is 18.2 Å². The van der Waals surface area contributed by atoms with Crippen molar-refractivity contribution in [3.8, 4) is 0 Å². The van der Waals surface area contributed by atoms with Crippen LogP contribution in [0.1, 0.15) is 43.1 Å². The Bertz CT molecular complexity index is 1020. The summed E-state index contributed by atoms with van der Waals surface area (Å²) in [6.45, 7) is 8.14. The van der Waals surface area contributed by atoms with Gasteiger partial charge in [0, 0.05) is 6.54 Å². The molecule has 168 valence electrons. The van der Waals surface area contributed by atoms with Gasteiger partial charge in [0.25, 0.3) is 5.91 Å². The second-order valence-corrected chi connectivity index (χ2v) is 9.82. The molecule has 0 spiro atoms. The first-order chi connectivity index (χ1) is 14.5. The fraction of sp³-hybridized carbons (Fsp3) is 0.391. The molecule has 7 nitrogen and oxygen atoms in total. The van der Waals surface area contributed by atoms with Gasteiger partial charge in [0.05, 0.1) is 23.2 Å². The highest BCUT2D eigenvalue weighted by Gasteiger charge is 2.32. The van der Waals surface area contributed by atoms with E-state index in [1.165, 1.54) is 0 Å². The van der Waals surface area contributed by atoms with Crippen LogP contribution in [0.3, 0.4) is 0 Å². The average molecular weight is 446 g/mol. The maximum atomic E-state index is 13.2. The summed E-state index contributed by atoms with van der Waals surface area (Å²) in [6, 6.07) is 12.7. The fourth-order valence-corrected chi connectivity index (χ4v) is 4.36. The van der Waals surface area contributed by atoms with E-state index in [9.17, 15) is 18.0 Å². The molecular formula is C23H31N3O4S. The van der Waals surface area contributed by atoms with Crippen LogP contribution in [-0.4, -0.2) is 39.1 Å². The van der Waals surface area contributed by atoms with Crippen molar-refractivity contribution in [1.82, 2.24) is 5.32 Å². The number of amides is 2. The van der Waals surface area contributed by atoms with E-state index in [0.29, 0.717) is 23.5 Å². The summed E-state index contributed by atoms with van der Waals surface area (Å²) in [6.07, 6.45) is 1.34. The lowest BCUT2D eigenvalue weighted by Gasteiger charge is -2.30. The van der Waals surface area contributed by atoms with Crippen LogP contribution >= 0.6 is 0 Å². The largest absolute Gasteiger partial charge is 0.352 e. The Morgan fingerprint density at radius 2 is 1.65 bits per heavy atom. The van der Waals surface area contributed by atoms with Gasteiger partial charge >= 0.3 is 0 Å². The molecule has 1 atom stereocenters. The van der Waals surface area contributed by atoms with Crippen molar-refractivity contribution in [3.05, 3.63) is 59.7 Å². The summed E-state index contributed by atoms with van der Waals surface area (Å²) in [5.74, 6) is -0.512. The van der Waals surface area contributed by atoms with Gasteiger partial charge < -0.3 is 10.6 Å². The minimum absolute atomic E-state index is 0.258. The maximum Gasteiger partial charge on any atom is 0.253 e. The minimum atomic E-state index is -3.73. The fourth-order valence-electron chi connectivity index (χ4n) is 3.15. The lowest BCUT2D eigenvalue weighted by Crippen LogP contribution is -2.47. The van der Waals surface area contributed by atoms with Gasteiger partial charge in [-0.2, -0.15) is 0 Å². The number of hydrogen-bond donors (Lipinski definition) is 2. The molecule has 0 saturated heterocycles. The third-order valence-corrected chi connectivity index (χ3v) is 5.90. The normalized spacial score (nSPS) is 12.3. The van der Waals surface area contributed by atoms with Gasteiger partial charge in [-0.15, -0.1) is 0 Å². The Hall–Kier alpha value is -2.87. The highest BCUT2D eigenvalue weighted by Crippen LogP contribution is 2.24. The predicted molar refractivity (Wildman–Crippen MR) is 125 cm³/mol. The zero-order valence-electron chi connectivity index (χ0n) is 18.7. The van der Waals surface area contributed by atoms with Crippen molar-refractivity contribution in [2.24, 2.45) is 5.92 Å². The van der Waals surface area contributed by atoms with Crippen molar-refractivity contribution in [2.75, 3.05) is 22.4 Å². The van der Waals surface area contributed by atoms with E-state index in [1.807, 2.05) is 20.8 Å². The molecule has 2 amide bonds. The smallest absolute Gasteiger partial charge is 0.253 e. The SMILES string of the molecule is CC[C@@H](C(=O)Nc1ccccc1C(=O)NCC(C)C)N(c1ccc(C)cc1)S(C)(=O)=O. The number of nitrogens with zero attached hydrogens (tertiary/aromatic N) is 1. The summed E-state index contributed by atoms with van der Waals surface area (Å²) in [5, 5.41) is 5.59. The number of aryl methyl sites for hydroxylation is 1. The molecule has 2 aromatic rings.